The summed E-state index contributed by atoms with van der Waals surface area (Å²) in [5, 5.41) is 4.38. The minimum absolute atomic E-state index is 0.140. The lowest BCUT2D eigenvalue weighted by Crippen LogP contribution is -2.57. The fourth-order valence-corrected chi connectivity index (χ4v) is 5.98. The summed E-state index contributed by atoms with van der Waals surface area (Å²) in [4.78, 5) is 10.3. The van der Waals surface area contributed by atoms with Gasteiger partial charge in [0.25, 0.3) is 0 Å². The second-order valence-corrected chi connectivity index (χ2v) is 9.87. The molecule has 2 heterocycles. The van der Waals surface area contributed by atoms with Crippen molar-refractivity contribution >= 4 is 28.9 Å². The van der Waals surface area contributed by atoms with E-state index in [1.807, 2.05) is 0 Å². The van der Waals surface area contributed by atoms with Gasteiger partial charge in [-0.1, -0.05) is 67.8 Å². The van der Waals surface area contributed by atoms with Crippen LogP contribution in [0.5, 0.6) is 0 Å². The molecule has 1 N–H and O–H groups in total. The van der Waals surface area contributed by atoms with E-state index in [2.05, 4.69) is 75.8 Å². The molecule has 2 aromatic carbocycles. The first-order valence-electron chi connectivity index (χ1n) is 12.3. The van der Waals surface area contributed by atoms with E-state index in [9.17, 15) is 0 Å². The number of rotatable bonds is 5. The van der Waals surface area contributed by atoms with Crippen molar-refractivity contribution in [1.82, 2.24) is 10.2 Å². The maximum Gasteiger partial charge on any atom is 0.179 e. The van der Waals surface area contributed by atoms with E-state index >= 15 is 0 Å². The number of nitrogens with zero attached hydrogens (tertiary/aromatic N) is 3. The highest BCUT2D eigenvalue weighted by molar-refractivity contribution is 7.80. The number of hydrogen-bond donors (Lipinski definition) is 1. The fourth-order valence-electron chi connectivity index (χ4n) is 5.60. The van der Waals surface area contributed by atoms with Crippen molar-refractivity contribution in [2.45, 2.75) is 62.9 Å². The molecule has 0 radical (unpaired) electrons. The number of nitrogens with one attached hydrogen (secondary N) is 1. The van der Waals surface area contributed by atoms with Gasteiger partial charge >= 0.3 is 0 Å². The summed E-state index contributed by atoms with van der Waals surface area (Å²) in [5.41, 5.74) is 2.46. The lowest BCUT2D eigenvalue weighted by atomic mass is 9.84. The molecule has 2 saturated heterocycles. The topological polar surface area (TPSA) is 30.9 Å². The van der Waals surface area contributed by atoms with E-state index in [0.717, 1.165) is 49.8 Å². The van der Waals surface area contributed by atoms with Gasteiger partial charge in [-0.25, -0.2) is 0 Å². The summed E-state index contributed by atoms with van der Waals surface area (Å²) in [5.74, 6) is 1.13. The lowest BCUT2D eigenvalue weighted by molar-refractivity contribution is 0.197. The van der Waals surface area contributed by atoms with Gasteiger partial charge in [0.05, 0.1) is 6.04 Å². The van der Waals surface area contributed by atoms with Crippen molar-refractivity contribution in [1.29, 1.82) is 0 Å². The Bertz CT molecular complexity index is 929. The summed E-state index contributed by atoms with van der Waals surface area (Å²) in [6.07, 6.45) is 9.58. The predicted molar refractivity (Wildman–Crippen MR) is 138 cm³/mol. The number of likely N-dealkylation sites (tertiary alicyclic amines) is 1. The quantitative estimate of drug-likeness (QED) is 0.641. The second kappa shape index (κ2) is 9.72. The van der Waals surface area contributed by atoms with Gasteiger partial charge < -0.3 is 15.1 Å². The van der Waals surface area contributed by atoms with E-state index in [4.69, 9.17) is 17.2 Å². The lowest BCUT2D eigenvalue weighted by Gasteiger charge is -2.44. The van der Waals surface area contributed by atoms with Crippen LogP contribution in [0.15, 0.2) is 65.7 Å². The van der Waals surface area contributed by atoms with Crippen LogP contribution in [0.3, 0.4) is 0 Å². The molecule has 3 aliphatic rings. The molecule has 1 aliphatic carbocycles. The van der Waals surface area contributed by atoms with Crippen molar-refractivity contribution in [3.8, 4) is 0 Å². The Morgan fingerprint density at radius 2 is 1.56 bits per heavy atom. The average Bonchev–Trinajstić information content (AvgIpc) is 3.10. The molecular formula is C27H34N4S. The van der Waals surface area contributed by atoms with Gasteiger partial charge in [0.1, 0.15) is 11.4 Å². The Kier molecular flexibility index (Phi) is 6.56. The Balaban J connectivity index is 1.37. The molecule has 0 atom stereocenters. The van der Waals surface area contributed by atoms with Crippen molar-refractivity contribution in [3.63, 3.8) is 0 Å². The molecule has 0 unspecified atom stereocenters. The van der Waals surface area contributed by atoms with Crippen LogP contribution in [0.25, 0.3) is 0 Å². The van der Waals surface area contributed by atoms with Crippen molar-refractivity contribution < 1.29 is 0 Å². The normalized spacial score (nSPS) is 23.1. The third kappa shape index (κ3) is 4.46. The standard InChI is InChI=1S/C27H34N4S/c32-26-29-25(28-23-12-6-2-7-13-23)27(31(26)24-14-8-3-9-15-24)17-20-30(21-18-27)19-16-22-10-4-1-5-11-22/h1,3-5,8-11,14-15,23H,2,6-7,12-13,16-21H2,(H,28,29,32). The van der Waals surface area contributed by atoms with Gasteiger partial charge in [0, 0.05) is 25.3 Å². The second-order valence-electron chi connectivity index (χ2n) is 9.48. The number of anilines is 1. The Hall–Kier alpha value is -2.24. The number of hydrogen-bond acceptors (Lipinski definition) is 3. The maximum atomic E-state index is 5.89. The smallest absolute Gasteiger partial charge is 0.179 e. The first-order valence-corrected chi connectivity index (χ1v) is 12.7. The first kappa shape index (κ1) is 21.6. The molecule has 0 bridgehead atoms. The monoisotopic (exact) mass is 446 g/mol. The van der Waals surface area contributed by atoms with E-state index in [0.29, 0.717) is 6.04 Å². The number of amidine groups is 1. The Morgan fingerprint density at radius 3 is 2.25 bits per heavy atom. The Labute approximate surface area is 197 Å². The number of thiocarbonyl (C=S) groups is 1. The van der Waals surface area contributed by atoms with E-state index in [1.54, 1.807) is 0 Å². The summed E-state index contributed by atoms with van der Waals surface area (Å²) >= 11 is 5.89. The summed E-state index contributed by atoms with van der Waals surface area (Å²) in [7, 11) is 0. The maximum absolute atomic E-state index is 5.89. The van der Waals surface area contributed by atoms with Gasteiger partial charge in [-0.3, -0.25) is 4.99 Å². The SMILES string of the molecule is S=C1NC(=NC2CCCCC2)C2(CCN(CCc3ccccc3)CC2)N1c1ccccc1. The van der Waals surface area contributed by atoms with Crippen LogP contribution in [-0.4, -0.2) is 47.1 Å². The molecule has 0 aromatic heterocycles. The molecule has 1 saturated carbocycles. The number of piperidine rings is 1. The van der Waals surface area contributed by atoms with Crippen LogP contribution in [0.1, 0.15) is 50.5 Å². The zero-order valence-electron chi connectivity index (χ0n) is 18.9. The zero-order chi connectivity index (χ0) is 21.8. The van der Waals surface area contributed by atoms with E-state index < -0.39 is 0 Å². The molecular weight excluding hydrogens is 412 g/mol. The predicted octanol–water partition coefficient (Wildman–Crippen LogP) is 5.19. The van der Waals surface area contributed by atoms with Crippen LogP contribution in [0.2, 0.25) is 0 Å². The van der Waals surface area contributed by atoms with Gasteiger partial charge in [0.2, 0.25) is 0 Å². The van der Waals surface area contributed by atoms with Gasteiger partial charge in [-0.05, 0) is 62.0 Å². The van der Waals surface area contributed by atoms with Crippen LogP contribution >= 0.6 is 12.2 Å². The summed E-state index contributed by atoms with van der Waals surface area (Å²) in [6.45, 7) is 3.26. The molecule has 1 spiro atoms. The highest BCUT2D eigenvalue weighted by Crippen LogP contribution is 2.38. The fraction of sp³-hybridized carbons (Fsp3) is 0.481. The minimum atomic E-state index is -0.140. The van der Waals surface area contributed by atoms with Crippen molar-refractivity contribution in [3.05, 3.63) is 66.2 Å². The third-order valence-electron chi connectivity index (χ3n) is 7.44. The molecule has 3 fully saturated rings. The Morgan fingerprint density at radius 1 is 0.906 bits per heavy atom. The average molecular weight is 447 g/mol. The largest absolute Gasteiger partial charge is 0.319 e. The minimum Gasteiger partial charge on any atom is -0.319 e. The molecule has 2 aliphatic heterocycles. The van der Waals surface area contributed by atoms with E-state index in [-0.39, 0.29) is 5.54 Å². The molecule has 5 heteroatoms. The highest BCUT2D eigenvalue weighted by atomic mass is 32.1. The highest BCUT2D eigenvalue weighted by Gasteiger charge is 2.51. The van der Waals surface area contributed by atoms with Crippen LogP contribution in [0, 0.1) is 0 Å². The summed E-state index contributed by atoms with van der Waals surface area (Å²) < 4.78 is 0. The van der Waals surface area contributed by atoms with Crippen LogP contribution in [0.4, 0.5) is 5.69 Å². The molecule has 4 nitrogen and oxygen atoms in total. The van der Waals surface area contributed by atoms with Gasteiger partial charge in [-0.2, -0.15) is 0 Å². The van der Waals surface area contributed by atoms with Gasteiger partial charge in [-0.15, -0.1) is 0 Å². The van der Waals surface area contributed by atoms with Gasteiger partial charge in [0.15, 0.2) is 5.11 Å². The molecule has 168 valence electrons. The first-order chi connectivity index (χ1) is 15.7. The number of benzene rings is 2. The summed E-state index contributed by atoms with van der Waals surface area (Å²) in [6, 6.07) is 21.9. The van der Waals surface area contributed by atoms with Crippen molar-refractivity contribution in [2.75, 3.05) is 24.5 Å². The zero-order valence-corrected chi connectivity index (χ0v) is 19.7. The number of aliphatic imine (C=N–C) groups is 1. The molecule has 5 rings (SSSR count). The van der Waals surface area contributed by atoms with Crippen LogP contribution in [-0.2, 0) is 6.42 Å². The number of para-hydroxylation sites is 1. The molecule has 2 aromatic rings. The third-order valence-corrected chi connectivity index (χ3v) is 7.73. The van der Waals surface area contributed by atoms with Crippen LogP contribution < -0.4 is 10.2 Å². The molecule has 0 amide bonds. The molecule has 32 heavy (non-hydrogen) atoms. The van der Waals surface area contributed by atoms with E-state index in [1.165, 1.54) is 43.4 Å². The van der Waals surface area contributed by atoms with Crippen molar-refractivity contribution in [2.24, 2.45) is 4.99 Å².